The Morgan fingerprint density at radius 3 is 2.94 bits per heavy atom. The van der Waals surface area contributed by atoms with Crippen molar-refractivity contribution in [3.05, 3.63) is 24.1 Å². The van der Waals surface area contributed by atoms with Crippen molar-refractivity contribution in [1.29, 1.82) is 5.26 Å². The monoisotopic (exact) mass is 231 g/mol. The fourth-order valence-corrected chi connectivity index (χ4v) is 1.29. The van der Waals surface area contributed by atoms with Gasteiger partial charge in [-0.3, -0.25) is 0 Å². The number of aryl methyl sites for hydroxylation is 1. The maximum atomic E-state index is 8.54. The highest BCUT2D eigenvalue weighted by atomic mass is 15.5. The molecule has 90 valence electrons. The summed E-state index contributed by atoms with van der Waals surface area (Å²) < 4.78 is 1.65. The molecule has 0 saturated carbocycles. The van der Waals surface area contributed by atoms with Crippen molar-refractivity contribution in [2.75, 3.05) is 0 Å². The van der Waals surface area contributed by atoms with Crippen LogP contribution in [0.5, 0.6) is 0 Å². The first-order valence-electron chi connectivity index (χ1n) is 5.63. The molecule has 1 rings (SSSR count). The fourth-order valence-electron chi connectivity index (χ4n) is 1.29. The molecule has 1 heterocycles. The molecule has 0 aromatic carbocycles. The minimum atomic E-state index is 0.410. The molecule has 0 atom stereocenters. The van der Waals surface area contributed by atoms with Gasteiger partial charge >= 0.3 is 0 Å². The number of allylic oxidation sites excluding steroid dienone is 4. The Kier molecular flexibility index (Phi) is 5.08. The highest BCUT2D eigenvalue weighted by Gasteiger charge is 2.06. The lowest BCUT2D eigenvalue weighted by molar-refractivity contribution is 0.593. The molecular formula is C12H17N5. The summed E-state index contributed by atoms with van der Waals surface area (Å²) >= 11 is 0. The molecule has 5 nitrogen and oxygen atoms in total. The first kappa shape index (κ1) is 13.1. The second kappa shape index (κ2) is 6.59. The van der Waals surface area contributed by atoms with Crippen LogP contribution < -0.4 is 0 Å². The topological polar surface area (TPSA) is 67.4 Å². The Bertz CT molecular complexity index is 448. The van der Waals surface area contributed by atoms with E-state index >= 15 is 0 Å². The summed E-state index contributed by atoms with van der Waals surface area (Å²) in [5.41, 5.74) is 0.991. The quantitative estimate of drug-likeness (QED) is 0.728. The zero-order valence-corrected chi connectivity index (χ0v) is 10.5. The van der Waals surface area contributed by atoms with Crippen molar-refractivity contribution in [2.24, 2.45) is 5.92 Å². The van der Waals surface area contributed by atoms with E-state index in [0.29, 0.717) is 24.7 Å². The van der Waals surface area contributed by atoms with Crippen LogP contribution in [0.15, 0.2) is 18.2 Å². The highest BCUT2D eigenvalue weighted by Crippen LogP contribution is 2.10. The van der Waals surface area contributed by atoms with Gasteiger partial charge in [-0.05, 0) is 28.8 Å². The van der Waals surface area contributed by atoms with Crippen LogP contribution in [-0.2, 0) is 6.54 Å². The number of nitrogens with zero attached hydrogens (tertiary/aromatic N) is 5. The van der Waals surface area contributed by atoms with Crippen LogP contribution >= 0.6 is 0 Å². The van der Waals surface area contributed by atoms with Gasteiger partial charge < -0.3 is 0 Å². The number of tetrazole rings is 1. The molecule has 0 saturated heterocycles. The van der Waals surface area contributed by atoms with Crippen molar-refractivity contribution >= 4 is 5.57 Å². The zero-order chi connectivity index (χ0) is 12.7. The first-order chi connectivity index (χ1) is 8.15. The number of hydrogen-bond donors (Lipinski definition) is 0. The molecule has 0 fully saturated rings. The fraction of sp³-hybridized carbons (Fsp3) is 0.500. The molecule has 0 bridgehead atoms. The van der Waals surface area contributed by atoms with E-state index < -0.39 is 0 Å². The van der Waals surface area contributed by atoms with Gasteiger partial charge in [0.05, 0.1) is 19.0 Å². The normalized spacial score (nSPS) is 12.3. The van der Waals surface area contributed by atoms with Gasteiger partial charge in [-0.2, -0.15) is 5.26 Å². The van der Waals surface area contributed by atoms with E-state index in [0.717, 1.165) is 5.57 Å². The Hall–Kier alpha value is -1.96. The van der Waals surface area contributed by atoms with Crippen molar-refractivity contribution < 1.29 is 0 Å². The van der Waals surface area contributed by atoms with Gasteiger partial charge in [-0.15, -0.1) is 5.10 Å². The van der Waals surface area contributed by atoms with Gasteiger partial charge in [0.1, 0.15) is 0 Å². The Morgan fingerprint density at radius 2 is 2.29 bits per heavy atom. The van der Waals surface area contributed by atoms with Crippen molar-refractivity contribution in [1.82, 2.24) is 20.2 Å². The summed E-state index contributed by atoms with van der Waals surface area (Å²) in [6.45, 7) is 6.73. The molecule has 0 N–H and O–H groups in total. The lowest BCUT2D eigenvalue weighted by atomic mass is 10.2. The molecule has 0 radical (unpaired) electrons. The van der Waals surface area contributed by atoms with Crippen LogP contribution in [0, 0.1) is 17.2 Å². The second-order valence-electron chi connectivity index (χ2n) is 4.11. The molecule has 0 spiro atoms. The van der Waals surface area contributed by atoms with Crippen LogP contribution in [0.1, 0.15) is 33.0 Å². The minimum Gasteiger partial charge on any atom is -0.225 e. The third kappa shape index (κ3) is 4.19. The van der Waals surface area contributed by atoms with Crippen molar-refractivity contribution in [3.8, 4) is 6.07 Å². The third-order valence-electron chi connectivity index (χ3n) is 2.16. The molecular weight excluding hydrogens is 214 g/mol. The molecule has 0 aliphatic heterocycles. The standard InChI is InChI=1S/C12H17N5/c1-10(2)6-4-7-11(3)12-14-15-16-17(12)9-5-8-13/h4,6-7,10H,5,9H2,1-3H3/b6-4+,11-7-. The van der Waals surface area contributed by atoms with E-state index in [9.17, 15) is 0 Å². The molecule has 0 aliphatic rings. The van der Waals surface area contributed by atoms with Gasteiger partial charge in [-0.25, -0.2) is 4.68 Å². The van der Waals surface area contributed by atoms with Crippen molar-refractivity contribution in [2.45, 2.75) is 33.7 Å². The van der Waals surface area contributed by atoms with Gasteiger partial charge in [-0.1, -0.05) is 32.1 Å². The second-order valence-corrected chi connectivity index (χ2v) is 4.11. The van der Waals surface area contributed by atoms with E-state index in [1.165, 1.54) is 0 Å². The summed E-state index contributed by atoms with van der Waals surface area (Å²) in [5, 5.41) is 20.0. The minimum absolute atomic E-state index is 0.410. The van der Waals surface area contributed by atoms with Crippen LogP contribution in [0.25, 0.3) is 5.57 Å². The summed E-state index contributed by atoms with van der Waals surface area (Å²) in [6.07, 6.45) is 6.50. The predicted octanol–water partition coefficient (Wildman–Crippen LogP) is 2.20. The molecule has 5 heteroatoms. The summed E-state index contributed by atoms with van der Waals surface area (Å²) in [7, 11) is 0. The molecule has 0 amide bonds. The largest absolute Gasteiger partial charge is 0.225 e. The van der Waals surface area contributed by atoms with Crippen LogP contribution in [0.3, 0.4) is 0 Å². The maximum Gasteiger partial charge on any atom is 0.177 e. The van der Waals surface area contributed by atoms with E-state index in [2.05, 4.69) is 41.5 Å². The Balaban J connectivity index is 2.78. The number of nitriles is 1. The van der Waals surface area contributed by atoms with E-state index in [1.807, 2.05) is 19.1 Å². The molecule has 0 unspecified atom stereocenters. The predicted molar refractivity (Wildman–Crippen MR) is 65.7 cm³/mol. The van der Waals surface area contributed by atoms with Gasteiger partial charge in [0.2, 0.25) is 0 Å². The van der Waals surface area contributed by atoms with Gasteiger partial charge in [0, 0.05) is 0 Å². The first-order valence-corrected chi connectivity index (χ1v) is 5.63. The summed E-state index contributed by atoms with van der Waals surface area (Å²) in [6, 6.07) is 2.08. The number of aromatic nitrogens is 4. The average Bonchev–Trinajstić information content (AvgIpc) is 2.73. The molecule has 1 aromatic rings. The maximum absolute atomic E-state index is 8.54. The van der Waals surface area contributed by atoms with E-state index in [4.69, 9.17) is 5.26 Å². The van der Waals surface area contributed by atoms with Crippen LogP contribution in [0.4, 0.5) is 0 Å². The number of rotatable bonds is 5. The smallest absolute Gasteiger partial charge is 0.177 e. The summed E-state index contributed by atoms with van der Waals surface area (Å²) in [5.74, 6) is 1.24. The lowest BCUT2D eigenvalue weighted by Gasteiger charge is -2.01. The van der Waals surface area contributed by atoms with Crippen LogP contribution in [-0.4, -0.2) is 20.2 Å². The third-order valence-corrected chi connectivity index (χ3v) is 2.16. The Morgan fingerprint density at radius 1 is 1.53 bits per heavy atom. The van der Waals surface area contributed by atoms with Crippen LogP contribution in [0.2, 0.25) is 0 Å². The van der Waals surface area contributed by atoms with Gasteiger partial charge in [0.15, 0.2) is 5.82 Å². The summed E-state index contributed by atoms with van der Waals surface area (Å²) in [4.78, 5) is 0. The number of hydrogen-bond acceptors (Lipinski definition) is 4. The highest BCUT2D eigenvalue weighted by molar-refractivity contribution is 5.58. The van der Waals surface area contributed by atoms with Crippen molar-refractivity contribution in [3.63, 3.8) is 0 Å². The van der Waals surface area contributed by atoms with E-state index in [1.54, 1.807) is 4.68 Å². The van der Waals surface area contributed by atoms with Gasteiger partial charge in [0.25, 0.3) is 0 Å². The Labute approximate surface area is 101 Å². The average molecular weight is 231 g/mol. The lowest BCUT2D eigenvalue weighted by Crippen LogP contribution is -2.04. The zero-order valence-electron chi connectivity index (χ0n) is 10.5. The molecule has 1 aromatic heterocycles. The SMILES string of the molecule is C/C(=C/C=C/C(C)C)c1nnnn1CCC#N. The molecule has 0 aliphatic carbocycles. The molecule has 17 heavy (non-hydrogen) atoms. The van der Waals surface area contributed by atoms with E-state index in [-0.39, 0.29) is 0 Å².